The summed E-state index contributed by atoms with van der Waals surface area (Å²) in [5, 5.41) is 3.04. The molecule has 0 aromatic heterocycles. The predicted molar refractivity (Wildman–Crippen MR) is 337 cm³/mol. The van der Waals surface area contributed by atoms with Gasteiger partial charge in [0.05, 0.1) is 33.8 Å². The molecule has 0 rings (SSSR count). The number of ether oxygens (including phenoxy) is 1. The number of allylic oxidation sites excluding steroid dienone is 17. The molecule has 0 spiro atoms. The SMILES string of the molecule is CC/C=C\C/C=C\C/C=C\C/C=C\C/C=C\CCCCCCCC(=O)NC(COP(=O)(O)OCC[N+](C)(C)C)C(/C=C/CCCCCCCCCCCC)OC(=O)CCCCCCCC/C=C\C/C=C\C/C=C\CCCCC. The highest BCUT2D eigenvalue weighted by molar-refractivity contribution is 7.47. The number of nitrogens with one attached hydrogen (secondary N) is 1. The summed E-state index contributed by atoms with van der Waals surface area (Å²) in [6.07, 6.45) is 77.9. The van der Waals surface area contributed by atoms with Crippen molar-refractivity contribution < 1.29 is 37.3 Å². The largest absolute Gasteiger partial charge is 0.472 e. The Kier molecular flexibility index (Phi) is 54.5. The molecule has 0 aromatic carbocycles. The molecule has 0 aliphatic carbocycles. The summed E-state index contributed by atoms with van der Waals surface area (Å²) < 4.78 is 30.7. The molecular formula is C68H120N2O7P+. The third-order valence-electron chi connectivity index (χ3n) is 13.4. The molecule has 3 unspecified atom stereocenters. The fourth-order valence-corrected chi connectivity index (χ4v) is 9.30. The van der Waals surface area contributed by atoms with Crippen LogP contribution in [-0.2, 0) is 27.9 Å². The van der Waals surface area contributed by atoms with Crippen LogP contribution in [0.25, 0.3) is 0 Å². The molecule has 0 aliphatic rings. The first-order chi connectivity index (χ1) is 37.9. The normalized spacial score (nSPS) is 14.4. The number of hydrogen-bond acceptors (Lipinski definition) is 6. The zero-order valence-corrected chi connectivity index (χ0v) is 52.0. The summed E-state index contributed by atoms with van der Waals surface area (Å²) in [4.78, 5) is 37.8. The molecule has 0 saturated carbocycles. The zero-order chi connectivity index (χ0) is 57.2. The maximum Gasteiger partial charge on any atom is 0.472 e. The Morgan fingerprint density at radius 3 is 1.26 bits per heavy atom. The van der Waals surface area contributed by atoms with Gasteiger partial charge in [0, 0.05) is 12.8 Å². The average molecular weight is 1110 g/mol. The second-order valence-electron chi connectivity index (χ2n) is 22.2. The van der Waals surface area contributed by atoms with Gasteiger partial charge < -0.3 is 19.4 Å². The van der Waals surface area contributed by atoms with E-state index in [0.29, 0.717) is 17.4 Å². The highest BCUT2D eigenvalue weighted by Gasteiger charge is 2.30. The summed E-state index contributed by atoms with van der Waals surface area (Å²) in [7, 11) is 1.46. The molecular weight excluding hydrogens is 988 g/mol. The smallest absolute Gasteiger partial charge is 0.456 e. The number of quaternary nitrogens is 1. The number of phosphoric ester groups is 1. The molecule has 0 heterocycles. The number of likely N-dealkylation sites (N-methyl/N-ethyl adjacent to an activating group) is 1. The van der Waals surface area contributed by atoms with Crippen molar-refractivity contribution in [2.45, 2.75) is 270 Å². The molecule has 1 amide bonds. The lowest BCUT2D eigenvalue weighted by molar-refractivity contribution is -0.870. The minimum atomic E-state index is -4.47. The van der Waals surface area contributed by atoms with Gasteiger partial charge in [-0.25, -0.2) is 4.57 Å². The first kappa shape index (κ1) is 74.7. The molecule has 2 N–H and O–H groups in total. The number of carbonyl (C=O) groups is 2. The van der Waals surface area contributed by atoms with Crippen molar-refractivity contribution in [1.29, 1.82) is 0 Å². The van der Waals surface area contributed by atoms with Crippen molar-refractivity contribution >= 4 is 19.7 Å². The number of amides is 1. The molecule has 78 heavy (non-hydrogen) atoms. The molecule has 3 atom stereocenters. The first-order valence-electron chi connectivity index (χ1n) is 31.7. The summed E-state index contributed by atoms with van der Waals surface area (Å²) in [5.74, 6) is -0.546. The Hall–Kier alpha value is -3.33. The van der Waals surface area contributed by atoms with Gasteiger partial charge in [0.25, 0.3) is 0 Å². The molecule has 0 bridgehead atoms. The fraction of sp³-hybridized carbons (Fsp3) is 0.706. The van der Waals surface area contributed by atoms with Gasteiger partial charge in [-0.15, -0.1) is 0 Å². The van der Waals surface area contributed by atoms with Crippen LogP contribution in [0, 0.1) is 0 Å². The van der Waals surface area contributed by atoms with E-state index in [-0.39, 0.29) is 31.5 Å². The summed E-state index contributed by atoms with van der Waals surface area (Å²) >= 11 is 0. The second kappa shape index (κ2) is 56.9. The van der Waals surface area contributed by atoms with E-state index in [1.54, 1.807) is 0 Å². The van der Waals surface area contributed by atoms with E-state index in [2.05, 4.69) is 123 Å². The van der Waals surface area contributed by atoms with Crippen LogP contribution < -0.4 is 5.32 Å². The molecule has 0 fully saturated rings. The van der Waals surface area contributed by atoms with Crippen molar-refractivity contribution in [3.8, 4) is 0 Å². The van der Waals surface area contributed by atoms with Crippen LogP contribution in [0.4, 0.5) is 0 Å². The molecule has 0 radical (unpaired) electrons. The van der Waals surface area contributed by atoms with Gasteiger partial charge in [-0.1, -0.05) is 240 Å². The summed E-state index contributed by atoms with van der Waals surface area (Å²) in [6, 6.07) is -0.872. The van der Waals surface area contributed by atoms with Gasteiger partial charge in [0.15, 0.2) is 0 Å². The van der Waals surface area contributed by atoms with Crippen LogP contribution in [0.2, 0.25) is 0 Å². The monoisotopic (exact) mass is 1110 g/mol. The van der Waals surface area contributed by atoms with Crippen molar-refractivity contribution in [1.82, 2.24) is 5.32 Å². The Labute approximate surface area is 481 Å². The Morgan fingerprint density at radius 1 is 0.462 bits per heavy atom. The van der Waals surface area contributed by atoms with E-state index >= 15 is 0 Å². The van der Waals surface area contributed by atoms with Gasteiger partial charge in [-0.2, -0.15) is 0 Å². The van der Waals surface area contributed by atoms with Gasteiger partial charge in [-0.3, -0.25) is 18.6 Å². The number of hydrogen-bond donors (Lipinski definition) is 2. The first-order valence-corrected chi connectivity index (χ1v) is 33.2. The Balaban J connectivity index is 5.31. The second-order valence-corrected chi connectivity index (χ2v) is 23.6. The number of carbonyl (C=O) groups excluding carboxylic acids is 2. The molecule has 9 nitrogen and oxygen atoms in total. The average Bonchev–Trinajstić information content (AvgIpc) is 3.40. The Morgan fingerprint density at radius 2 is 0.821 bits per heavy atom. The lowest BCUT2D eigenvalue weighted by atomic mass is 10.0. The van der Waals surface area contributed by atoms with E-state index < -0.39 is 20.0 Å². The van der Waals surface area contributed by atoms with Gasteiger partial charge >= 0.3 is 13.8 Å². The van der Waals surface area contributed by atoms with E-state index in [0.717, 1.165) is 135 Å². The maximum atomic E-state index is 13.6. The number of rotatable bonds is 56. The lowest BCUT2D eigenvalue weighted by Gasteiger charge is -2.27. The van der Waals surface area contributed by atoms with Crippen molar-refractivity contribution in [3.05, 3.63) is 109 Å². The quantitative estimate of drug-likeness (QED) is 0.0205. The Bertz CT molecular complexity index is 1700. The van der Waals surface area contributed by atoms with Gasteiger partial charge in [0.2, 0.25) is 5.91 Å². The zero-order valence-electron chi connectivity index (χ0n) is 51.1. The maximum absolute atomic E-state index is 13.6. The van der Waals surface area contributed by atoms with Crippen LogP contribution in [0.5, 0.6) is 0 Å². The summed E-state index contributed by atoms with van der Waals surface area (Å²) in [5.41, 5.74) is 0. The van der Waals surface area contributed by atoms with E-state index in [4.69, 9.17) is 13.8 Å². The minimum absolute atomic E-state index is 0.0282. The van der Waals surface area contributed by atoms with Crippen molar-refractivity contribution in [2.75, 3.05) is 40.9 Å². The van der Waals surface area contributed by atoms with E-state index in [9.17, 15) is 19.0 Å². The molecule has 0 aliphatic heterocycles. The van der Waals surface area contributed by atoms with E-state index in [1.807, 2.05) is 33.3 Å². The standard InChI is InChI=1S/C68H119N2O7P/c1-7-10-13-16-19-22-25-28-30-32-34-35-37-38-40-42-45-48-51-54-57-60-67(71)69-65(64-76-78(73,74)75-63-62-70(4,5)6)66(59-56-53-50-47-44-27-24-21-18-15-12-9-3)77-68(72)61-58-55-52-49-46-43-41-39-36-33-31-29-26-23-20-17-14-11-8-2/h10,13,19-20,22-23,28-31,34-36,38-40,56,59,65-66H,7-9,11-12,14-18,21,24-27,32-33,37,41-55,57-58,60-64H2,1-6H3,(H-,69,71,73,74)/p+1/b13-10-,22-19-,23-20-,30-28-,31-29-,35-34-,39-36-,40-38-,59-56+. The molecule has 448 valence electrons. The van der Waals surface area contributed by atoms with Crippen LogP contribution >= 0.6 is 7.82 Å². The van der Waals surface area contributed by atoms with Crippen LogP contribution in [0.15, 0.2) is 109 Å². The topological polar surface area (TPSA) is 111 Å². The number of unbranched alkanes of at least 4 members (excludes halogenated alkanes) is 24. The number of nitrogens with zero attached hydrogens (tertiary/aromatic N) is 1. The van der Waals surface area contributed by atoms with Crippen LogP contribution in [0.3, 0.4) is 0 Å². The number of phosphoric acid groups is 1. The predicted octanol–water partition coefficient (Wildman–Crippen LogP) is 19.7. The van der Waals surface area contributed by atoms with Crippen molar-refractivity contribution in [2.24, 2.45) is 0 Å². The van der Waals surface area contributed by atoms with Crippen molar-refractivity contribution in [3.63, 3.8) is 0 Å². The van der Waals surface area contributed by atoms with Gasteiger partial charge in [-0.05, 0) is 115 Å². The van der Waals surface area contributed by atoms with Crippen LogP contribution in [-0.4, -0.2) is 74.3 Å². The minimum Gasteiger partial charge on any atom is -0.456 e. The lowest BCUT2D eigenvalue weighted by Crippen LogP contribution is -2.47. The third kappa shape index (κ3) is 57.4. The fourth-order valence-electron chi connectivity index (χ4n) is 8.56. The third-order valence-corrected chi connectivity index (χ3v) is 14.4. The molecule has 10 heteroatoms. The summed E-state index contributed by atoms with van der Waals surface area (Å²) in [6.45, 7) is 6.84. The van der Waals surface area contributed by atoms with Gasteiger partial charge in [0.1, 0.15) is 19.3 Å². The highest BCUT2D eigenvalue weighted by atomic mass is 31.2. The molecule has 0 aromatic rings. The highest BCUT2D eigenvalue weighted by Crippen LogP contribution is 2.43. The molecule has 0 saturated heterocycles. The van der Waals surface area contributed by atoms with Crippen LogP contribution in [0.1, 0.15) is 258 Å². The van der Waals surface area contributed by atoms with E-state index in [1.165, 1.54) is 89.9 Å². The number of esters is 1.